The van der Waals surface area contributed by atoms with Gasteiger partial charge in [-0.2, -0.15) is 0 Å². The lowest BCUT2D eigenvalue weighted by molar-refractivity contribution is -0.139. The summed E-state index contributed by atoms with van der Waals surface area (Å²) in [4.78, 5) is 10.4. The van der Waals surface area contributed by atoms with Gasteiger partial charge in [-0.25, -0.2) is 0 Å². The highest BCUT2D eigenvalue weighted by Crippen LogP contribution is 2.04. The molecule has 0 aromatic rings. The molecule has 3 nitrogen and oxygen atoms in total. The van der Waals surface area contributed by atoms with Gasteiger partial charge >= 0.3 is 5.97 Å². The first-order valence-electron chi connectivity index (χ1n) is 4.54. The molecule has 2 unspecified atom stereocenters. The monoisotopic (exact) mass is 173 g/mol. The van der Waals surface area contributed by atoms with Gasteiger partial charge in [-0.1, -0.05) is 20.3 Å². The second kappa shape index (κ2) is 6.00. The number of hydrogen-bond donors (Lipinski definition) is 2. The lowest BCUT2D eigenvalue weighted by Crippen LogP contribution is -2.34. The summed E-state index contributed by atoms with van der Waals surface area (Å²) in [6.45, 7) is 6.78. The van der Waals surface area contributed by atoms with Crippen LogP contribution in [-0.4, -0.2) is 23.7 Å². The lowest BCUT2D eigenvalue weighted by Gasteiger charge is -2.11. The van der Waals surface area contributed by atoms with Crippen molar-refractivity contribution in [2.24, 2.45) is 5.92 Å². The minimum Gasteiger partial charge on any atom is -0.480 e. The van der Waals surface area contributed by atoms with Gasteiger partial charge in [-0.05, 0) is 25.8 Å². The summed E-state index contributed by atoms with van der Waals surface area (Å²) in [6, 6.07) is -0.422. The molecule has 0 saturated carbocycles. The number of rotatable bonds is 6. The third kappa shape index (κ3) is 5.13. The van der Waals surface area contributed by atoms with E-state index >= 15 is 0 Å². The molecule has 0 rings (SSSR count). The van der Waals surface area contributed by atoms with Gasteiger partial charge < -0.3 is 10.4 Å². The Morgan fingerprint density at radius 3 is 2.50 bits per heavy atom. The molecule has 0 fully saturated rings. The Bertz CT molecular complexity index is 136. The number of carboxylic acid groups (broad SMARTS) is 1. The quantitative estimate of drug-likeness (QED) is 0.639. The number of aliphatic carboxylic acids is 1. The Morgan fingerprint density at radius 1 is 1.50 bits per heavy atom. The molecule has 0 spiro atoms. The fourth-order valence-electron chi connectivity index (χ4n) is 0.838. The van der Waals surface area contributed by atoms with Crippen LogP contribution < -0.4 is 5.32 Å². The standard InChI is InChI=1S/C9H19NO2/c1-4-7(2)5-6-10-8(3)9(11)12/h7-8,10H,4-6H2,1-3H3,(H,11,12). The highest BCUT2D eigenvalue weighted by molar-refractivity contribution is 5.72. The molecule has 0 aromatic carbocycles. The van der Waals surface area contributed by atoms with Gasteiger partial charge in [-0.15, -0.1) is 0 Å². The van der Waals surface area contributed by atoms with Crippen molar-refractivity contribution in [3.8, 4) is 0 Å². The highest BCUT2D eigenvalue weighted by atomic mass is 16.4. The van der Waals surface area contributed by atoms with E-state index in [1.54, 1.807) is 6.92 Å². The molecule has 0 bridgehead atoms. The second-order valence-electron chi connectivity index (χ2n) is 3.32. The minimum absolute atomic E-state index is 0.422. The number of carbonyl (C=O) groups is 1. The smallest absolute Gasteiger partial charge is 0.320 e. The summed E-state index contributed by atoms with van der Waals surface area (Å²) < 4.78 is 0. The van der Waals surface area contributed by atoms with E-state index < -0.39 is 12.0 Å². The Kier molecular flexibility index (Phi) is 5.72. The zero-order chi connectivity index (χ0) is 9.56. The maximum absolute atomic E-state index is 10.4. The number of hydrogen-bond acceptors (Lipinski definition) is 2. The summed E-state index contributed by atoms with van der Waals surface area (Å²) in [5.74, 6) is -0.0994. The molecular weight excluding hydrogens is 154 g/mol. The molecule has 3 heteroatoms. The lowest BCUT2D eigenvalue weighted by atomic mass is 10.1. The molecule has 72 valence electrons. The van der Waals surface area contributed by atoms with Crippen LogP contribution in [0.2, 0.25) is 0 Å². The normalized spacial score (nSPS) is 15.6. The minimum atomic E-state index is -0.779. The largest absolute Gasteiger partial charge is 0.480 e. The zero-order valence-electron chi connectivity index (χ0n) is 8.13. The average Bonchev–Trinajstić information content (AvgIpc) is 2.03. The molecule has 0 aliphatic heterocycles. The molecule has 0 aliphatic carbocycles. The van der Waals surface area contributed by atoms with Crippen LogP contribution in [0.4, 0.5) is 0 Å². The van der Waals surface area contributed by atoms with Crippen molar-refractivity contribution in [3.63, 3.8) is 0 Å². The highest BCUT2D eigenvalue weighted by Gasteiger charge is 2.09. The van der Waals surface area contributed by atoms with E-state index in [0.29, 0.717) is 5.92 Å². The Balaban J connectivity index is 3.37. The first kappa shape index (κ1) is 11.4. The molecule has 0 aromatic heterocycles. The van der Waals surface area contributed by atoms with Crippen molar-refractivity contribution < 1.29 is 9.90 Å². The molecule has 2 atom stereocenters. The molecule has 0 radical (unpaired) electrons. The van der Waals surface area contributed by atoms with Crippen LogP contribution in [0.1, 0.15) is 33.6 Å². The van der Waals surface area contributed by atoms with Crippen LogP contribution in [0, 0.1) is 5.92 Å². The summed E-state index contributed by atoms with van der Waals surface area (Å²) in [5, 5.41) is 11.5. The van der Waals surface area contributed by atoms with Crippen molar-refractivity contribution in [2.75, 3.05) is 6.54 Å². The van der Waals surface area contributed by atoms with Gasteiger partial charge in [0.1, 0.15) is 6.04 Å². The molecule has 12 heavy (non-hydrogen) atoms. The Labute approximate surface area is 74.2 Å². The van der Waals surface area contributed by atoms with Crippen LogP contribution in [-0.2, 0) is 4.79 Å². The van der Waals surface area contributed by atoms with Crippen LogP contribution >= 0.6 is 0 Å². The van der Waals surface area contributed by atoms with E-state index in [1.165, 1.54) is 0 Å². The van der Waals surface area contributed by atoms with Crippen LogP contribution in [0.15, 0.2) is 0 Å². The van der Waals surface area contributed by atoms with Crippen molar-refractivity contribution in [3.05, 3.63) is 0 Å². The van der Waals surface area contributed by atoms with Gasteiger partial charge in [0.15, 0.2) is 0 Å². The predicted molar refractivity (Wildman–Crippen MR) is 49.2 cm³/mol. The molecule has 0 heterocycles. The van der Waals surface area contributed by atoms with E-state index in [-0.39, 0.29) is 0 Å². The summed E-state index contributed by atoms with van der Waals surface area (Å²) in [7, 11) is 0. The van der Waals surface area contributed by atoms with Crippen molar-refractivity contribution >= 4 is 5.97 Å². The second-order valence-corrected chi connectivity index (χ2v) is 3.32. The SMILES string of the molecule is CCC(C)CCNC(C)C(=O)O. The number of carboxylic acids is 1. The third-order valence-electron chi connectivity index (χ3n) is 2.16. The molecule has 0 saturated heterocycles. The summed E-state index contributed by atoms with van der Waals surface area (Å²) in [5.41, 5.74) is 0. The topological polar surface area (TPSA) is 49.3 Å². The van der Waals surface area contributed by atoms with E-state index in [1.807, 2.05) is 0 Å². The molecule has 0 amide bonds. The number of nitrogens with one attached hydrogen (secondary N) is 1. The first-order valence-corrected chi connectivity index (χ1v) is 4.54. The van der Waals surface area contributed by atoms with E-state index in [0.717, 1.165) is 19.4 Å². The van der Waals surface area contributed by atoms with Crippen LogP contribution in [0.3, 0.4) is 0 Å². The first-order chi connectivity index (χ1) is 5.57. The van der Waals surface area contributed by atoms with Gasteiger partial charge in [0.25, 0.3) is 0 Å². The van der Waals surface area contributed by atoms with E-state index in [9.17, 15) is 4.79 Å². The molecular formula is C9H19NO2. The predicted octanol–water partition coefficient (Wildman–Crippen LogP) is 1.49. The summed E-state index contributed by atoms with van der Waals surface area (Å²) in [6.07, 6.45) is 2.21. The van der Waals surface area contributed by atoms with Crippen LogP contribution in [0.25, 0.3) is 0 Å². The van der Waals surface area contributed by atoms with Gasteiger partial charge in [0.05, 0.1) is 0 Å². The zero-order valence-corrected chi connectivity index (χ0v) is 8.13. The molecule has 2 N–H and O–H groups in total. The van der Waals surface area contributed by atoms with Gasteiger partial charge in [0, 0.05) is 0 Å². The van der Waals surface area contributed by atoms with Crippen molar-refractivity contribution in [1.29, 1.82) is 0 Å². The average molecular weight is 173 g/mol. The van der Waals surface area contributed by atoms with Gasteiger partial charge in [0.2, 0.25) is 0 Å². The van der Waals surface area contributed by atoms with Gasteiger partial charge in [-0.3, -0.25) is 4.79 Å². The third-order valence-corrected chi connectivity index (χ3v) is 2.16. The fourth-order valence-corrected chi connectivity index (χ4v) is 0.838. The van der Waals surface area contributed by atoms with Crippen molar-refractivity contribution in [2.45, 2.75) is 39.7 Å². The summed E-state index contributed by atoms with van der Waals surface area (Å²) >= 11 is 0. The molecule has 0 aliphatic rings. The maximum atomic E-state index is 10.4. The van der Waals surface area contributed by atoms with Crippen LogP contribution in [0.5, 0.6) is 0 Å². The Hall–Kier alpha value is -0.570. The Morgan fingerprint density at radius 2 is 2.08 bits per heavy atom. The maximum Gasteiger partial charge on any atom is 0.320 e. The fraction of sp³-hybridized carbons (Fsp3) is 0.889. The van der Waals surface area contributed by atoms with Crippen molar-refractivity contribution in [1.82, 2.24) is 5.32 Å². The van der Waals surface area contributed by atoms with E-state index in [4.69, 9.17) is 5.11 Å². The van der Waals surface area contributed by atoms with E-state index in [2.05, 4.69) is 19.2 Å².